The third kappa shape index (κ3) is 4.48. The summed E-state index contributed by atoms with van der Waals surface area (Å²) in [5.74, 6) is -1.19. The summed E-state index contributed by atoms with van der Waals surface area (Å²) >= 11 is 0. The van der Waals surface area contributed by atoms with Crippen LogP contribution in [-0.2, 0) is 30.8 Å². The Bertz CT molecular complexity index is 1120. The van der Waals surface area contributed by atoms with E-state index in [9.17, 15) is 28.1 Å². The number of carbonyl (C=O) groups is 2. The lowest BCUT2D eigenvalue weighted by molar-refractivity contribution is -0.387. The van der Waals surface area contributed by atoms with Gasteiger partial charge in [0.1, 0.15) is 12.1 Å². The summed E-state index contributed by atoms with van der Waals surface area (Å²) in [7, 11) is -3.10. The SMILES string of the molecule is COC(=O)[C@H](Cc1ccccc1)N1CCN(S(=O)(=O)c2ccccc2[N+](=O)[O-])[C@@H](C)C1=O. The number of piperazine rings is 1. The molecule has 0 N–H and O–H groups in total. The highest BCUT2D eigenvalue weighted by Crippen LogP contribution is 2.29. The smallest absolute Gasteiger partial charge is 0.328 e. The largest absolute Gasteiger partial charge is 0.467 e. The van der Waals surface area contributed by atoms with E-state index in [0.717, 1.165) is 22.0 Å². The molecular formula is C21H23N3O7S. The van der Waals surface area contributed by atoms with Gasteiger partial charge in [-0.15, -0.1) is 0 Å². The number of carbonyl (C=O) groups excluding carboxylic acids is 2. The van der Waals surface area contributed by atoms with Gasteiger partial charge in [-0.05, 0) is 18.6 Å². The number of nitro groups is 1. The van der Waals surface area contributed by atoms with Crippen LogP contribution < -0.4 is 0 Å². The van der Waals surface area contributed by atoms with Crippen LogP contribution in [0.3, 0.4) is 0 Å². The lowest BCUT2D eigenvalue weighted by Gasteiger charge is -2.41. The molecule has 1 saturated heterocycles. The molecule has 1 aliphatic heterocycles. The molecule has 32 heavy (non-hydrogen) atoms. The number of para-hydroxylation sites is 1. The van der Waals surface area contributed by atoms with Crippen LogP contribution in [0.1, 0.15) is 12.5 Å². The normalized spacial score (nSPS) is 18.2. The molecule has 1 aliphatic rings. The average molecular weight is 461 g/mol. The summed E-state index contributed by atoms with van der Waals surface area (Å²) < 4.78 is 32.2. The third-order valence-electron chi connectivity index (χ3n) is 5.40. The van der Waals surface area contributed by atoms with Crippen LogP contribution in [0, 0.1) is 10.1 Å². The zero-order chi connectivity index (χ0) is 23.5. The third-order valence-corrected chi connectivity index (χ3v) is 7.42. The second-order valence-electron chi connectivity index (χ2n) is 7.28. The highest BCUT2D eigenvalue weighted by Gasteiger charge is 2.44. The van der Waals surface area contributed by atoms with Gasteiger partial charge in [-0.25, -0.2) is 13.2 Å². The van der Waals surface area contributed by atoms with Crippen molar-refractivity contribution in [3.8, 4) is 0 Å². The molecule has 0 bridgehead atoms. The Morgan fingerprint density at radius 1 is 1.16 bits per heavy atom. The van der Waals surface area contributed by atoms with Crippen molar-refractivity contribution in [3.05, 3.63) is 70.3 Å². The molecule has 2 aromatic rings. The van der Waals surface area contributed by atoms with E-state index >= 15 is 0 Å². The minimum absolute atomic E-state index is 0.0599. The molecule has 0 radical (unpaired) electrons. The molecule has 0 unspecified atom stereocenters. The molecular weight excluding hydrogens is 438 g/mol. The molecule has 0 aromatic heterocycles. The second-order valence-corrected chi connectivity index (χ2v) is 9.14. The van der Waals surface area contributed by atoms with Gasteiger partial charge in [0, 0.05) is 25.6 Å². The number of amides is 1. The molecule has 2 atom stereocenters. The number of esters is 1. The Morgan fingerprint density at radius 3 is 2.41 bits per heavy atom. The highest BCUT2D eigenvalue weighted by atomic mass is 32.2. The summed E-state index contributed by atoms with van der Waals surface area (Å²) in [4.78, 5) is 37.0. The van der Waals surface area contributed by atoms with Crippen LogP contribution in [0.25, 0.3) is 0 Å². The standard InChI is InChI=1S/C21H23N3O7S/c1-15-20(25)22(18(21(26)31-2)14-16-8-4-3-5-9-16)12-13-23(15)32(29,30)19-11-7-6-10-17(19)24(27)28/h3-11,15,18H,12-14H2,1-2H3/t15-,18-/m0/s1. The fourth-order valence-corrected chi connectivity index (χ4v) is 5.50. The first-order valence-corrected chi connectivity index (χ1v) is 11.3. The molecule has 0 saturated carbocycles. The fraction of sp³-hybridized carbons (Fsp3) is 0.333. The number of sulfonamides is 1. The number of hydrogen-bond acceptors (Lipinski definition) is 7. The van der Waals surface area contributed by atoms with E-state index in [1.54, 1.807) is 0 Å². The highest BCUT2D eigenvalue weighted by molar-refractivity contribution is 7.89. The van der Waals surface area contributed by atoms with Gasteiger partial charge in [-0.3, -0.25) is 14.9 Å². The van der Waals surface area contributed by atoms with Crippen LogP contribution >= 0.6 is 0 Å². The zero-order valence-electron chi connectivity index (χ0n) is 17.6. The van der Waals surface area contributed by atoms with E-state index in [1.807, 2.05) is 30.3 Å². The molecule has 1 amide bonds. The summed E-state index contributed by atoms with van der Waals surface area (Å²) in [6, 6.07) is 12.0. The van der Waals surface area contributed by atoms with Gasteiger partial charge >= 0.3 is 5.97 Å². The molecule has 11 heteroatoms. The Morgan fingerprint density at radius 2 is 1.78 bits per heavy atom. The maximum absolute atomic E-state index is 13.2. The molecule has 170 valence electrons. The van der Waals surface area contributed by atoms with Crippen molar-refractivity contribution < 1.29 is 27.7 Å². The van der Waals surface area contributed by atoms with E-state index < -0.39 is 49.5 Å². The number of methoxy groups -OCH3 is 1. The first kappa shape index (κ1) is 23.4. The molecule has 10 nitrogen and oxygen atoms in total. The van der Waals surface area contributed by atoms with E-state index in [0.29, 0.717) is 0 Å². The monoisotopic (exact) mass is 461 g/mol. The topological polar surface area (TPSA) is 127 Å². The molecule has 2 aromatic carbocycles. The van der Waals surface area contributed by atoms with E-state index in [1.165, 1.54) is 31.1 Å². The maximum atomic E-state index is 13.2. The summed E-state index contributed by atoms with van der Waals surface area (Å²) in [5.41, 5.74) is 0.254. The van der Waals surface area contributed by atoms with Gasteiger partial charge < -0.3 is 9.64 Å². The van der Waals surface area contributed by atoms with E-state index in [-0.39, 0.29) is 19.5 Å². The Kier molecular flexibility index (Phi) is 6.90. The average Bonchev–Trinajstić information content (AvgIpc) is 2.79. The number of ether oxygens (including phenoxy) is 1. The fourth-order valence-electron chi connectivity index (χ4n) is 3.76. The Balaban J connectivity index is 1.89. The lowest BCUT2D eigenvalue weighted by atomic mass is 10.0. The van der Waals surface area contributed by atoms with Crippen LogP contribution in [0.5, 0.6) is 0 Å². The van der Waals surface area contributed by atoms with Gasteiger partial charge in [0.25, 0.3) is 15.7 Å². The van der Waals surface area contributed by atoms with Crippen LogP contribution in [0.2, 0.25) is 0 Å². The van der Waals surface area contributed by atoms with Crippen molar-refractivity contribution in [1.29, 1.82) is 0 Å². The van der Waals surface area contributed by atoms with Crippen LogP contribution in [0.4, 0.5) is 5.69 Å². The van der Waals surface area contributed by atoms with Crippen molar-refractivity contribution in [2.24, 2.45) is 0 Å². The van der Waals surface area contributed by atoms with Gasteiger partial charge in [0.15, 0.2) is 4.90 Å². The van der Waals surface area contributed by atoms with Crippen molar-refractivity contribution in [1.82, 2.24) is 9.21 Å². The Hall–Kier alpha value is -3.31. The van der Waals surface area contributed by atoms with E-state index in [4.69, 9.17) is 4.74 Å². The van der Waals surface area contributed by atoms with Crippen molar-refractivity contribution in [2.75, 3.05) is 20.2 Å². The maximum Gasteiger partial charge on any atom is 0.328 e. The van der Waals surface area contributed by atoms with Gasteiger partial charge in [-0.1, -0.05) is 42.5 Å². The van der Waals surface area contributed by atoms with Gasteiger partial charge in [-0.2, -0.15) is 4.31 Å². The van der Waals surface area contributed by atoms with Crippen LogP contribution in [0.15, 0.2) is 59.5 Å². The number of benzene rings is 2. The van der Waals surface area contributed by atoms with Crippen LogP contribution in [-0.4, -0.2) is 66.7 Å². The number of nitrogens with zero attached hydrogens (tertiary/aromatic N) is 3. The van der Waals surface area contributed by atoms with Crippen molar-refractivity contribution >= 4 is 27.6 Å². The predicted molar refractivity (Wildman–Crippen MR) is 114 cm³/mol. The minimum atomic E-state index is -4.33. The molecule has 3 rings (SSSR count). The van der Waals surface area contributed by atoms with Crippen molar-refractivity contribution in [2.45, 2.75) is 30.3 Å². The molecule has 1 heterocycles. The summed E-state index contributed by atoms with van der Waals surface area (Å²) in [5, 5.41) is 11.3. The van der Waals surface area contributed by atoms with E-state index in [2.05, 4.69) is 0 Å². The van der Waals surface area contributed by atoms with Gasteiger partial charge in [0.05, 0.1) is 12.0 Å². The molecule has 1 fully saturated rings. The second kappa shape index (κ2) is 9.45. The number of nitro benzene ring substituents is 1. The number of hydrogen-bond donors (Lipinski definition) is 0. The first-order valence-electron chi connectivity index (χ1n) is 9.86. The molecule has 0 spiro atoms. The summed E-state index contributed by atoms with van der Waals surface area (Å²) in [6.07, 6.45) is 0.211. The minimum Gasteiger partial charge on any atom is -0.467 e. The van der Waals surface area contributed by atoms with Crippen molar-refractivity contribution in [3.63, 3.8) is 0 Å². The summed E-state index contributed by atoms with van der Waals surface area (Å²) in [6.45, 7) is 1.22. The predicted octanol–water partition coefficient (Wildman–Crippen LogP) is 1.60. The number of rotatable bonds is 7. The van der Waals surface area contributed by atoms with Gasteiger partial charge in [0.2, 0.25) is 5.91 Å². The Labute approximate surface area is 185 Å². The molecule has 0 aliphatic carbocycles. The lowest BCUT2D eigenvalue weighted by Crippen LogP contribution is -2.61. The quantitative estimate of drug-likeness (QED) is 0.348. The first-order chi connectivity index (χ1) is 15.2. The zero-order valence-corrected chi connectivity index (χ0v) is 18.4.